The van der Waals surface area contributed by atoms with E-state index in [1.54, 1.807) is 13.2 Å². The molecule has 0 saturated heterocycles. The van der Waals surface area contributed by atoms with Crippen molar-refractivity contribution in [1.82, 2.24) is 4.90 Å². The van der Waals surface area contributed by atoms with Crippen LogP contribution >= 0.6 is 0 Å². The Morgan fingerprint density at radius 3 is 2.58 bits per heavy atom. The monoisotopic (exact) mass is 264 g/mol. The van der Waals surface area contributed by atoms with Crippen molar-refractivity contribution in [1.29, 1.82) is 0 Å². The fourth-order valence-corrected chi connectivity index (χ4v) is 2.79. The number of hydrogen-bond donors (Lipinski definition) is 2. The molecule has 0 spiro atoms. The number of ether oxygens (including phenoxy) is 1. The number of phenols is 1. The molecular weight excluding hydrogens is 240 g/mol. The van der Waals surface area contributed by atoms with Crippen molar-refractivity contribution < 1.29 is 9.84 Å². The van der Waals surface area contributed by atoms with Crippen molar-refractivity contribution >= 4 is 0 Å². The summed E-state index contributed by atoms with van der Waals surface area (Å²) in [4.78, 5) is 2.35. The van der Waals surface area contributed by atoms with E-state index in [-0.39, 0.29) is 5.75 Å². The average molecular weight is 264 g/mol. The summed E-state index contributed by atoms with van der Waals surface area (Å²) in [6.07, 6.45) is 4.56. The number of rotatable bonds is 4. The minimum absolute atomic E-state index is 0.207. The van der Waals surface area contributed by atoms with E-state index in [0.29, 0.717) is 17.8 Å². The Bertz CT molecular complexity index is 415. The van der Waals surface area contributed by atoms with E-state index in [1.807, 2.05) is 12.1 Å². The largest absolute Gasteiger partial charge is 0.504 e. The lowest BCUT2D eigenvalue weighted by Gasteiger charge is -2.33. The normalized spacial score (nSPS) is 23.6. The zero-order chi connectivity index (χ0) is 13.8. The molecule has 4 nitrogen and oxygen atoms in total. The first-order valence-corrected chi connectivity index (χ1v) is 6.92. The molecule has 0 aliphatic heterocycles. The Morgan fingerprint density at radius 1 is 1.32 bits per heavy atom. The molecule has 1 aliphatic carbocycles. The number of nitrogens with zero attached hydrogens (tertiary/aromatic N) is 1. The van der Waals surface area contributed by atoms with Gasteiger partial charge in [-0.1, -0.05) is 6.07 Å². The fourth-order valence-electron chi connectivity index (χ4n) is 2.79. The summed E-state index contributed by atoms with van der Waals surface area (Å²) in [5.74, 6) is 0.731. The van der Waals surface area contributed by atoms with Crippen LogP contribution in [0.25, 0.3) is 0 Å². The number of hydrogen-bond acceptors (Lipinski definition) is 4. The lowest BCUT2D eigenvalue weighted by Crippen LogP contribution is -2.38. The third kappa shape index (κ3) is 3.61. The summed E-state index contributed by atoms with van der Waals surface area (Å²) in [5.41, 5.74) is 7.04. The van der Waals surface area contributed by atoms with Crippen LogP contribution in [-0.2, 0) is 6.54 Å². The Kier molecular flexibility index (Phi) is 4.66. The quantitative estimate of drug-likeness (QED) is 0.874. The van der Waals surface area contributed by atoms with Gasteiger partial charge in [-0.05, 0) is 50.4 Å². The SMILES string of the molecule is COc1ccc(CN(C)C2CCC(N)CC2)cc1O. The fraction of sp³-hybridized carbons (Fsp3) is 0.600. The molecule has 0 bridgehead atoms. The Balaban J connectivity index is 1.95. The van der Waals surface area contributed by atoms with Crippen LogP contribution in [0.3, 0.4) is 0 Å². The lowest BCUT2D eigenvalue weighted by molar-refractivity contribution is 0.176. The molecule has 19 heavy (non-hydrogen) atoms. The highest BCUT2D eigenvalue weighted by Gasteiger charge is 2.22. The topological polar surface area (TPSA) is 58.7 Å². The number of aromatic hydroxyl groups is 1. The van der Waals surface area contributed by atoms with Crippen LogP contribution in [0.4, 0.5) is 0 Å². The molecule has 4 heteroatoms. The molecule has 0 atom stereocenters. The standard InChI is InChI=1S/C15H24N2O2/c1-17(13-6-4-12(16)5-7-13)10-11-3-8-15(19-2)14(18)9-11/h3,8-9,12-13,18H,4-7,10,16H2,1-2H3. The summed E-state index contributed by atoms with van der Waals surface area (Å²) in [6.45, 7) is 0.845. The van der Waals surface area contributed by atoms with Crippen molar-refractivity contribution in [3.8, 4) is 11.5 Å². The smallest absolute Gasteiger partial charge is 0.160 e. The van der Waals surface area contributed by atoms with Crippen LogP contribution in [0.1, 0.15) is 31.2 Å². The Labute approximate surface area is 115 Å². The number of benzene rings is 1. The molecule has 1 saturated carbocycles. The molecule has 0 amide bonds. The van der Waals surface area contributed by atoms with Crippen molar-refractivity contribution in [2.45, 2.75) is 44.3 Å². The maximum absolute atomic E-state index is 9.79. The van der Waals surface area contributed by atoms with Crippen LogP contribution in [-0.4, -0.2) is 36.2 Å². The highest BCUT2D eigenvalue weighted by atomic mass is 16.5. The van der Waals surface area contributed by atoms with Crippen LogP contribution in [0.15, 0.2) is 18.2 Å². The summed E-state index contributed by atoms with van der Waals surface area (Å²) in [6, 6.07) is 6.58. The predicted octanol–water partition coefficient (Wildman–Crippen LogP) is 2.10. The van der Waals surface area contributed by atoms with E-state index in [1.165, 1.54) is 12.8 Å². The molecule has 1 fully saturated rings. The molecule has 2 rings (SSSR count). The molecule has 106 valence electrons. The number of phenolic OH excluding ortho intramolecular Hbond substituents is 1. The first kappa shape index (κ1) is 14.2. The van der Waals surface area contributed by atoms with Crippen molar-refractivity contribution in [2.24, 2.45) is 5.73 Å². The van der Waals surface area contributed by atoms with Crippen LogP contribution in [0, 0.1) is 0 Å². The predicted molar refractivity (Wildman–Crippen MR) is 76.4 cm³/mol. The zero-order valence-corrected chi connectivity index (χ0v) is 11.8. The van der Waals surface area contributed by atoms with E-state index < -0.39 is 0 Å². The molecule has 1 aliphatic rings. The summed E-state index contributed by atoms with van der Waals surface area (Å²) in [5, 5.41) is 9.79. The van der Waals surface area contributed by atoms with Gasteiger partial charge in [0.1, 0.15) is 0 Å². The minimum atomic E-state index is 0.207. The van der Waals surface area contributed by atoms with Gasteiger partial charge in [0.25, 0.3) is 0 Å². The number of methoxy groups -OCH3 is 1. The lowest BCUT2D eigenvalue weighted by atomic mass is 9.91. The molecule has 0 unspecified atom stereocenters. The van der Waals surface area contributed by atoms with E-state index in [2.05, 4.69) is 11.9 Å². The second kappa shape index (κ2) is 6.26. The first-order chi connectivity index (χ1) is 9.10. The molecule has 3 N–H and O–H groups in total. The van der Waals surface area contributed by atoms with Gasteiger partial charge in [0, 0.05) is 18.6 Å². The molecule has 1 aromatic rings. The third-order valence-corrected chi connectivity index (χ3v) is 4.04. The Hall–Kier alpha value is -1.26. The van der Waals surface area contributed by atoms with Gasteiger partial charge >= 0.3 is 0 Å². The van der Waals surface area contributed by atoms with Gasteiger partial charge in [-0.2, -0.15) is 0 Å². The highest BCUT2D eigenvalue weighted by Crippen LogP contribution is 2.28. The van der Waals surface area contributed by atoms with E-state index >= 15 is 0 Å². The first-order valence-electron chi connectivity index (χ1n) is 6.92. The number of nitrogens with two attached hydrogens (primary N) is 1. The summed E-state index contributed by atoms with van der Waals surface area (Å²) >= 11 is 0. The van der Waals surface area contributed by atoms with Gasteiger partial charge in [-0.15, -0.1) is 0 Å². The van der Waals surface area contributed by atoms with Gasteiger partial charge in [0.15, 0.2) is 11.5 Å². The van der Waals surface area contributed by atoms with Crippen LogP contribution in [0.5, 0.6) is 11.5 Å². The van der Waals surface area contributed by atoms with Gasteiger partial charge in [0.05, 0.1) is 7.11 Å². The van der Waals surface area contributed by atoms with Crippen LogP contribution in [0.2, 0.25) is 0 Å². The van der Waals surface area contributed by atoms with Gasteiger partial charge in [0.2, 0.25) is 0 Å². The Morgan fingerprint density at radius 2 is 2.00 bits per heavy atom. The van der Waals surface area contributed by atoms with E-state index in [9.17, 15) is 5.11 Å². The maximum atomic E-state index is 9.79. The molecule has 0 heterocycles. The second-order valence-electron chi connectivity index (χ2n) is 5.49. The third-order valence-electron chi connectivity index (χ3n) is 4.04. The molecular formula is C15H24N2O2. The minimum Gasteiger partial charge on any atom is -0.504 e. The average Bonchev–Trinajstić information content (AvgIpc) is 2.39. The summed E-state index contributed by atoms with van der Waals surface area (Å²) < 4.78 is 5.06. The summed E-state index contributed by atoms with van der Waals surface area (Å²) in [7, 11) is 3.70. The van der Waals surface area contributed by atoms with Gasteiger partial charge in [-0.25, -0.2) is 0 Å². The van der Waals surface area contributed by atoms with Crippen molar-refractivity contribution in [3.05, 3.63) is 23.8 Å². The van der Waals surface area contributed by atoms with Gasteiger partial charge in [-0.3, -0.25) is 4.90 Å². The maximum Gasteiger partial charge on any atom is 0.160 e. The molecule has 1 aromatic carbocycles. The second-order valence-corrected chi connectivity index (χ2v) is 5.49. The van der Waals surface area contributed by atoms with Crippen molar-refractivity contribution in [2.75, 3.05) is 14.2 Å². The van der Waals surface area contributed by atoms with Crippen molar-refractivity contribution in [3.63, 3.8) is 0 Å². The van der Waals surface area contributed by atoms with E-state index in [0.717, 1.165) is 24.9 Å². The highest BCUT2D eigenvalue weighted by molar-refractivity contribution is 5.41. The zero-order valence-electron chi connectivity index (χ0n) is 11.8. The molecule has 0 radical (unpaired) electrons. The van der Waals surface area contributed by atoms with E-state index in [4.69, 9.17) is 10.5 Å². The van der Waals surface area contributed by atoms with Gasteiger partial charge < -0.3 is 15.6 Å². The van der Waals surface area contributed by atoms with Crippen LogP contribution < -0.4 is 10.5 Å². The molecule has 0 aromatic heterocycles.